The van der Waals surface area contributed by atoms with Crippen molar-refractivity contribution in [2.45, 2.75) is 104 Å². The lowest BCUT2D eigenvalue weighted by Gasteiger charge is -2.41. The molecule has 1 N–H and O–H groups in total. The Kier molecular flexibility index (Phi) is 8.77. The van der Waals surface area contributed by atoms with Gasteiger partial charge in [0.25, 0.3) is 0 Å². The van der Waals surface area contributed by atoms with Gasteiger partial charge in [-0.25, -0.2) is 4.79 Å². The molecule has 0 aliphatic carbocycles. The molecule has 2 aliphatic rings. The normalized spacial score (nSPS) is 42.2. The van der Waals surface area contributed by atoms with E-state index in [-0.39, 0.29) is 29.6 Å². The van der Waals surface area contributed by atoms with Crippen molar-refractivity contribution in [3.8, 4) is 0 Å². The maximum atomic E-state index is 13.1. The molecule has 1 amide bonds. The number of nitrogens with one attached hydrogen (secondary N) is 1. The van der Waals surface area contributed by atoms with E-state index in [0.29, 0.717) is 19.3 Å². The van der Waals surface area contributed by atoms with Gasteiger partial charge in [0.15, 0.2) is 5.60 Å². The highest BCUT2D eigenvalue weighted by Crippen LogP contribution is 2.41. The first-order valence-electron chi connectivity index (χ1n) is 12.3. The van der Waals surface area contributed by atoms with Crippen LogP contribution >= 0.6 is 0 Å². The number of fused-ring (bicyclic) bond motifs is 1. The molecule has 2 aliphatic heterocycles. The van der Waals surface area contributed by atoms with E-state index in [2.05, 4.69) is 32.2 Å². The predicted molar refractivity (Wildman–Crippen MR) is 127 cm³/mol. The number of hydrogen-bond acceptors (Lipinski definition) is 6. The van der Waals surface area contributed by atoms with Gasteiger partial charge in [0.2, 0.25) is 0 Å². The summed E-state index contributed by atoms with van der Waals surface area (Å²) in [6.07, 6.45) is 3.56. The zero-order chi connectivity index (χ0) is 25.1. The van der Waals surface area contributed by atoms with Crippen LogP contribution in [0.15, 0.2) is 11.6 Å². The Morgan fingerprint density at radius 1 is 1.06 bits per heavy atom. The third-order valence-corrected chi connectivity index (χ3v) is 7.74. The van der Waals surface area contributed by atoms with Gasteiger partial charge in [-0.1, -0.05) is 46.3 Å². The Hall–Kier alpha value is -1.89. The molecule has 2 rings (SSSR count). The minimum absolute atomic E-state index is 0.0512. The summed E-state index contributed by atoms with van der Waals surface area (Å²) in [7, 11) is 1.67. The predicted octanol–water partition coefficient (Wildman–Crippen LogP) is 4.82. The molecule has 0 spiro atoms. The monoisotopic (exact) mass is 465 g/mol. The number of ether oxygens (including phenoxy) is 3. The molecule has 0 unspecified atom stereocenters. The quantitative estimate of drug-likeness (QED) is 0.365. The topological polar surface area (TPSA) is 90.9 Å². The van der Waals surface area contributed by atoms with Gasteiger partial charge < -0.3 is 19.5 Å². The van der Waals surface area contributed by atoms with Crippen LogP contribution in [0.25, 0.3) is 0 Å². The standard InChI is InChI=1S/C26H43NO6/c1-10-12-19-15(3)13-25(7,31-9)14-16(4)21(28)18(6)23(29)32-20(11-2)26(8)22(17(19)5)27-24(30)33-26/h12,15-18,20,22H,10-11,13-14H2,1-9H3,(H,27,30)/b19-12+/t15-,16-,17+,18-,20-,22-,25-,26-/m1/s1. The van der Waals surface area contributed by atoms with Crippen LogP contribution in [0, 0.1) is 23.7 Å². The van der Waals surface area contributed by atoms with Gasteiger partial charge in [0, 0.05) is 18.9 Å². The Morgan fingerprint density at radius 3 is 2.21 bits per heavy atom. The lowest BCUT2D eigenvalue weighted by atomic mass is 9.72. The van der Waals surface area contributed by atoms with Crippen molar-refractivity contribution < 1.29 is 28.6 Å². The van der Waals surface area contributed by atoms with E-state index < -0.39 is 35.3 Å². The molecule has 0 aromatic carbocycles. The minimum Gasteiger partial charge on any atom is -0.458 e. The van der Waals surface area contributed by atoms with Gasteiger partial charge in [-0.3, -0.25) is 9.59 Å². The van der Waals surface area contributed by atoms with Crippen molar-refractivity contribution in [1.82, 2.24) is 5.32 Å². The fraction of sp³-hybridized carbons (Fsp3) is 0.808. The van der Waals surface area contributed by atoms with Crippen LogP contribution in [0.1, 0.15) is 81.1 Å². The molecule has 0 radical (unpaired) electrons. The number of ketones is 1. The average Bonchev–Trinajstić information content (AvgIpc) is 3.07. The number of rotatable bonds is 3. The van der Waals surface area contributed by atoms with Gasteiger partial charge in [-0.2, -0.15) is 0 Å². The van der Waals surface area contributed by atoms with Crippen LogP contribution in [0.4, 0.5) is 4.79 Å². The average molecular weight is 466 g/mol. The van der Waals surface area contributed by atoms with E-state index in [9.17, 15) is 14.4 Å². The van der Waals surface area contributed by atoms with Crippen molar-refractivity contribution in [3.05, 3.63) is 11.6 Å². The second-order valence-corrected chi connectivity index (χ2v) is 10.4. The van der Waals surface area contributed by atoms with Crippen molar-refractivity contribution >= 4 is 17.8 Å². The molecule has 0 bridgehead atoms. The molecule has 7 heteroatoms. The number of carbonyl (C=O) groups is 3. The Labute approximate surface area is 199 Å². The lowest BCUT2D eigenvalue weighted by Crippen LogP contribution is -2.55. The molecular formula is C26H43NO6. The largest absolute Gasteiger partial charge is 0.458 e. The third-order valence-electron chi connectivity index (χ3n) is 7.74. The molecule has 33 heavy (non-hydrogen) atoms. The molecule has 2 heterocycles. The zero-order valence-electron chi connectivity index (χ0n) is 21.8. The number of hydrogen-bond donors (Lipinski definition) is 1. The molecule has 0 aromatic rings. The second kappa shape index (κ2) is 10.6. The molecule has 7 nitrogen and oxygen atoms in total. The van der Waals surface area contributed by atoms with Crippen molar-refractivity contribution in [2.75, 3.05) is 7.11 Å². The first-order chi connectivity index (χ1) is 15.3. The van der Waals surface area contributed by atoms with Crippen LogP contribution in [-0.4, -0.2) is 48.3 Å². The maximum Gasteiger partial charge on any atom is 0.408 e. The summed E-state index contributed by atoms with van der Waals surface area (Å²) in [5, 5.41) is 2.98. The summed E-state index contributed by atoms with van der Waals surface area (Å²) in [4.78, 5) is 38.6. The van der Waals surface area contributed by atoms with Gasteiger partial charge in [0.1, 0.15) is 17.8 Å². The number of carbonyl (C=O) groups excluding carboxylic acids is 3. The summed E-state index contributed by atoms with van der Waals surface area (Å²) in [5.41, 5.74) is -0.399. The molecule has 2 saturated heterocycles. The summed E-state index contributed by atoms with van der Waals surface area (Å²) in [6, 6.07) is -0.385. The molecule has 8 atom stereocenters. The first-order valence-corrected chi connectivity index (χ1v) is 12.3. The number of esters is 1. The van der Waals surface area contributed by atoms with Crippen molar-refractivity contribution in [1.29, 1.82) is 0 Å². The molecule has 0 saturated carbocycles. The van der Waals surface area contributed by atoms with Crippen LogP contribution in [0.3, 0.4) is 0 Å². The number of Topliss-reactive ketones (excluding diaryl/α,β-unsaturated/α-hetero) is 1. The Morgan fingerprint density at radius 2 is 1.67 bits per heavy atom. The first kappa shape index (κ1) is 27.4. The Balaban J connectivity index is 2.61. The van der Waals surface area contributed by atoms with E-state index in [0.717, 1.165) is 6.42 Å². The smallest absolute Gasteiger partial charge is 0.408 e. The highest BCUT2D eigenvalue weighted by Gasteiger charge is 2.55. The summed E-state index contributed by atoms with van der Waals surface area (Å²) >= 11 is 0. The fourth-order valence-electron chi connectivity index (χ4n) is 5.87. The zero-order valence-corrected chi connectivity index (χ0v) is 21.8. The van der Waals surface area contributed by atoms with E-state index in [1.165, 1.54) is 5.57 Å². The highest BCUT2D eigenvalue weighted by atomic mass is 16.6. The van der Waals surface area contributed by atoms with E-state index >= 15 is 0 Å². The van der Waals surface area contributed by atoms with E-state index in [4.69, 9.17) is 14.2 Å². The maximum absolute atomic E-state index is 13.1. The number of alkyl carbamates (subject to hydrolysis) is 1. The second-order valence-electron chi connectivity index (χ2n) is 10.4. The van der Waals surface area contributed by atoms with Crippen molar-refractivity contribution in [2.24, 2.45) is 23.7 Å². The Bertz CT molecular complexity index is 779. The molecule has 0 aromatic heterocycles. The summed E-state index contributed by atoms with van der Waals surface area (Å²) < 4.78 is 17.6. The van der Waals surface area contributed by atoms with Crippen LogP contribution in [-0.2, 0) is 23.8 Å². The van der Waals surface area contributed by atoms with Gasteiger partial charge in [-0.15, -0.1) is 0 Å². The number of cyclic esters (lactones) is 1. The number of methoxy groups -OCH3 is 1. The van der Waals surface area contributed by atoms with Gasteiger partial charge in [-0.05, 0) is 52.4 Å². The highest BCUT2D eigenvalue weighted by molar-refractivity contribution is 5.99. The van der Waals surface area contributed by atoms with Gasteiger partial charge >= 0.3 is 12.1 Å². The van der Waals surface area contributed by atoms with Crippen molar-refractivity contribution in [3.63, 3.8) is 0 Å². The molecule has 188 valence electrons. The minimum atomic E-state index is -1.06. The summed E-state index contributed by atoms with van der Waals surface area (Å²) in [5.74, 6) is -1.91. The number of allylic oxidation sites excluding steroid dienone is 1. The SMILES string of the molecule is CC/C=C1\[C@H](C)C[C@@](C)(OC)C[C@@H](C)C(=O)[C@@H](C)C(=O)O[C@H](CC)[C@@]2(C)OC(=O)N[C@@H]2[C@H]1C. The van der Waals surface area contributed by atoms with Crippen LogP contribution in [0.5, 0.6) is 0 Å². The van der Waals surface area contributed by atoms with E-state index in [1.54, 1.807) is 14.0 Å². The van der Waals surface area contributed by atoms with E-state index in [1.807, 2.05) is 27.7 Å². The third kappa shape index (κ3) is 5.61. The number of amides is 1. The van der Waals surface area contributed by atoms with Crippen LogP contribution < -0.4 is 5.32 Å². The molecule has 2 fully saturated rings. The van der Waals surface area contributed by atoms with Gasteiger partial charge in [0.05, 0.1) is 11.6 Å². The lowest BCUT2D eigenvalue weighted by molar-refractivity contribution is -0.170. The van der Waals surface area contributed by atoms with Crippen LogP contribution in [0.2, 0.25) is 0 Å². The fourth-order valence-corrected chi connectivity index (χ4v) is 5.87. The molecular weight excluding hydrogens is 422 g/mol. The summed E-state index contributed by atoms with van der Waals surface area (Å²) in [6.45, 7) is 15.5.